The standard InChI is InChI=1S/C15H19F3N2.ClH/c16-15(17,18)13-3-1-2-11(8-13)9-20-7-5-14-12(10-20)4-6-19-14;/h1-3,8,12,14,19H,4-7,9-10H2;1H. The number of fused-ring (bicyclic) bond motifs is 1. The lowest BCUT2D eigenvalue weighted by Gasteiger charge is -2.34. The van der Waals surface area contributed by atoms with E-state index in [1.807, 2.05) is 0 Å². The van der Waals surface area contributed by atoms with E-state index in [0.717, 1.165) is 37.7 Å². The Hall–Kier alpha value is -0.780. The average molecular weight is 321 g/mol. The molecule has 0 amide bonds. The minimum atomic E-state index is -4.25. The maximum Gasteiger partial charge on any atom is 0.416 e. The molecule has 2 fully saturated rings. The molecule has 2 nitrogen and oxygen atoms in total. The third kappa shape index (κ3) is 3.90. The van der Waals surface area contributed by atoms with Gasteiger partial charge in [0, 0.05) is 19.1 Å². The highest BCUT2D eigenvalue weighted by Gasteiger charge is 2.33. The smallest absolute Gasteiger partial charge is 0.314 e. The molecule has 0 aliphatic carbocycles. The molecular weight excluding hydrogens is 301 g/mol. The van der Waals surface area contributed by atoms with Crippen molar-refractivity contribution >= 4 is 12.4 Å². The summed E-state index contributed by atoms with van der Waals surface area (Å²) in [6, 6.07) is 6.32. The van der Waals surface area contributed by atoms with Crippen LogP contribution in [-0.2, 0) is 12.7 Å². The summed E-state index contributed by atoms with van der Waals surface area (Å²) in [5.74, 6) is 0.662. The Morgan fingerprint density at radius 1 is 1.24 bits per heavy atom. The van der Waals surface area contributed by atoms with Crippen molar-refractivity contribution in [3.8, 4) is 0 Å². The first-order valence-corrected chi connectivity index (χ1v) is 7.14. The monoisotopic (exact) mass is 320 g/mol. The fraction of sp³-hybridized carbons (Fsp3) is 0.600. The number of rotatable bonds is 2. The Balaban J connectivity index is 0.00000161. The van der Waals surface area contributed by atoms with Crippen molar-refractivity contribution in [2.75, 3.05) is 19.6 Å². The highest BCUT2D eigenvalue weighted by Crippen LogP contribution is 2.30. The number of benzene rings is 1. The number of piperidine rings is 1. The van der Waals surface area contributed by atoms with Crippen molar-refractivity contribution in [2.45, 2.75) is 31.6 Å². The molecule has 0 spiro atoms. The van der Waals surface area contributed by atoms with Crippen LogP contribution in [0.1, 0.15) is 24.0 Å². The third-order valence-corrected chi connectivity index (χ3v) is 4.40. The van der Waals surface area contributed by atoms with Gasteiger partial charge in [-0.2, -0.15) is 13.2 Å². The fourth-order valence-electron chi connectivity index (χ4n) is 3.37. The molecule has 1 aromatic rings. The van der Waals surface area contributed by atoms with Crippen molar-refractivity contribution in [1.29, 1.82) is 0 Å². The van der Waals surface area contributed by atoms with Gasteiger partial charge in [-0.15, -0.1) is 12.4 Å². The van der Waals surface area contributed by atoms with E-state index >= 15 is 0 Å². The van der Waals surface area contributed by atoms with Gasteiger partial charge in [0.15, 0.2) is 0 Å². The van der Waals surface area contributed by atoms with Crippen LogP contribution < -0.4 is 5.32 Å². The summed E-state index contributed by atoms with van der Waals surface area (Å²) in [7, 11) is 0. The number of likely N-dealkylation sites (tertiary alicyclic amines) is 1. The second kappa shape index (κ2) is 6.55. The SMILES string of the molecule is Cl.FC(F)(F)c1cccc(CN2CCC3NCCC3C2)c1. The van der Waals surface area contributed by atoms with Gasteiger partial charge in [-0.3, -0.25) is 4.90 Å². The van der Waals surface area contributed by atoms with Crippen LogP contribution in [0.5, 0.6) is 0 Å². The number of alkyl halides is 3. The Morgan fingerprint density at radius 2 is 2.05 bits per heavy atom. The molecule has 21 heavy (non-hydrogen) atoms. The maximum atomic E-state index is 12.7. The second-order valence-electron chi connectivity index (χ2n) is 5.83. The molecule has 2 unspecified atom stereocenters. The van der Waals surface area contributed by atoms with Gasteiger partial charge in [0.2, 0.25) is 0 Å². The molecular formula is C15H20ClF3N2. The minimum absolute atomic E-state index is 0. The molecule has 1 N–H and O–H groups in total. The lowest BCUT2D eigenvalue weighted by molar-refractivity contribution is -0.137. The van der Waals surface area contributed by atoms with Crippen LogP contribution in [0.15, 0.2) is 24.3 Å². The molecule has 2 aliphatic rings. The van der Waals surface area contributed by atoms with Crippen molar-refractivity contribution in [3.63, 3.8) is 0 Å². The fourth-order valence-corrected chi connectivity index (χ4v) is 3.37. The van der Waals surface area contributed by atoms with Gasteiger partial charge in [-0.1, -0.05) is 18.2 Å². The molecule has 0 aromatic heterocycles. The number of halogens is 4. The largest absolute Gasteiger partial charge is 0.416 e. The quantitative estimate of drug-likeness (QED) is 0.899. The lowest BCUT2D eigenvalue weighted by atomic mass is 9.93. The zero-order valence-electron chi connectivity index (χ0n) is 11.7. The van der Waals surface area contributed by atoms with E-state index in [1.165, 1.54) is 18.6 Å². The zero-order chi connectivity index (χ0) is 14.2. The van der Waals surface area contributed by atoms with E-state index < -0.39 is 11.7 Å². The van der Waals surface area contributed by atoms with E-state index in [-0.39, 0.29) is 12.4 Å². The second-order valence-corrected chi connectivity index (χ2v) is 5.83. The van der Waals surface area contributed by atoms with Crippen LogP contribution in [0.25, 0.3) is 0 Å². The van der Waals surface area contributed by atoms with E-state index in [1.54, 1.807) is 6.07 Å². The first-order chi connectivity index (χ1) is 9.52. The molecule has 0 saturated carbocycles. The molecule has 2 saturated heterocycles. The average Bonchev–Trinajstić information content (AvgIpc) is 2.85. The number of nitrogens with zero attached hydrogens (tertiary/aromatic N) is 1. The van der Waals surface area contributed by atoms with Crippen molar-refractivity contribution in [1.82, 2.24) is 10.2 Å². The van der Waals surface area contributed by atoms with Crippen molar-refractivity contribution in [3.05, 3.63) is 35.4 Å². The molecule has 0 bridgehead atoms. The summed E-state index contributed by atoms with van der Waals surface area (Å²) < 4.78 is 38.1. The summed E-state index contributed by atoms with van der Waals surface area (Å²) in [6.07, 6.45) is -1.97. The van der Waals surface area contributed by atoms with E-state index in [4.69, 9.17) is 0 Å². The van der Waals surface area contributed by atoms with Crippen molar-refractivity contribution in [2.24, 2.45) is 5.92 Å². The van der Waals surface area contributed by atoms with Crippen LogP contribution in [0, 0.1) is 5.92 Å². The Bertz CT molecular complexity index is 478. The van der Waals surface area contributed by atoms with Crippen LogP contribution >= 0.6 is 12.4 Å². The predicted octanol–water partition coefficient (Wildman–Crippen LogP) is 3.31. The minimum Gasteiger partial charge on any atom is -0.314 e. The van der Waals surface area contributed by atoms with Crippen LogP contribution in [0.2, 0.25) is 0 Å². The van der Waals surface area contributed by atoms with Crippen LogP contribution in [0.3, 0.4) is 0 Å². The van der Waals surface area contributed by atoms with Gasteiger partial charge >= 0.3 is 6.18 Å². The van der Waals surface area contributed by atoms with Gasteiger partial charge in [0.05, 0.1) is 5.56 Å². The Labute approximate surface area is 129 Å². The molecule has 2 heterocycles. The summed E-state index contributed by atoms with van der Waals surface area (Å²) in [4.78, 5) is 2.28. The Morgan fingerprint density at radius 3 is 2.81 bits per heavy atom. The number of hydrogen-bond donors (Lipinski definition) is 1. The van der Waals surface area contributed by atoms with E-state index in [0.29, 0.717) is 18.5 Å². The highest BCUT2D eigenvalue weighted by atomic mass is 35.5. The predicted molar refractivity (Wildman–Crippen MR) is 78.5 cm³/mol. The Kier molecular flexibility index (Phi) is 5.17. The first-order valence-electron chi connectivity index (χ1n) is 7.14. The van der Waals surface area contributed by atoms with Crippen LogP contribution in [0.4, 0.5) is 13.2 Å². The van der Waals surface area contributed by atoms with Gasteiger partial charge in [0.1, 0.15) is 0 Å². The molecule has 2 aliphatic heterocycles. The highest BCUT2D eigenvalue weighted by molar-refractivity contribution is 5.85. The van der Waals surface area contributed by atoms with Gasteiger partial charge in [-0.25, -0.2) is 0 Å². The van der Waals surface area contributed by atoms with Crippen molar-refractivity contribution < 1.29 is 13.2 Å². The third-order valence-electron chi connectivity index (χ3n) is 4.40. The molecule has 6 heteroatoms. The number of hydrogen-bond acceptors (Lipinski definition) is 2. The summed E-state index contributed by atoms with van der Waals surface area (Å²) in [5.41, 5.74) is 0.205. The van der Waals surface area contributed by atoms with Gasteiger partial charge in [0.25, 0.3) is 0 Å². The maximum absolute atomic E-state index is 12.7. The zero-order valence-corrected chi connectivity index (χ0v) is 12.5. The molecule has 118 valence electrons. The van der Waals surface area contributed by atoms with E-state index in [2.05, 4.69) is 10.2 Å². The van der Waals surface area contributed by atoms with Crippen LogP contribution in [-0.4, -0.2) is 30.6 Å². The normalized spacial score (nSPS) is 26.2. The summed E-state index contributed by atoms with van der Waals surface area (Å²) in [5, 5.41) is 3.50. The molecule has 0 radical (unpaired) electrons. The lowest BCUT2D eigenvalue weighted by Crippen LogP contribution is -2.43. The summed E-state index contributed by atoms with van der Waals surface area (Å²) >= 11 is 0. The topological polar surface area (TPSA) is 15.3 Å². The molecule has 1 aromatic carbocycles. The van der Waals surface area contributed by atoms with Gasteiger partial charge in [-0.05, 0) is 43.5 Å². The van der Waals surface area contributed by atoms with E-state index in [9.17, 15) is 13.2 Å². The number of nitrogens with one attached hydrogen (secondary N) is 1. The summed E-state index contributed by atoms with van der Waals surface area (Å²) in [6.45, 7) is 3.65. The first kappa shape index (κ1) is 16.6. The van der Waals surface area contributed by atoms with Gasteiger partial charge < -0.3 is 5.32 Å². The molecule has 2 atom stereocenters. The molecule has 3 rings (SSSR count).